The monoisotopic (exact) mass is 460 g/mol. The molecule has 1 amide bonds. The van der Waals surface area contributed by atoms with Crippen molar-refractivity contribution in [3.05, 3.63) is 46.2 Å². The van der Waals surface area contributed by atoms with Crippen LogP contribution in [0.2, 0.25) is 0 Å². The van der Waals surface area contributed by atoms with Crippen LogP contribution in [0.3, 0.4) is 0 Å². The van der Waals surface area contributed by atoms with Crippen molar-refractivity contribution >= 4 is 17.2 Å². The summed E-state index contributed by atoms with van der Waals surface area (Å²) in [5.41, 5.74) is 0.294. The minimum absolute atomic E-state index is 0.0747. The van der Waals surface area contributed by atoms with Crippen molar-refractivity contribution in [2.75, 3.05) is 33.4 Å². The summed E-state index contributed by atoms with van der Waals surface area (Å²) in [4.78, 5) is 18.9. The van der Waals surface area contributed by atoms with Crippen molar-refractivity contribution in [2.24, 2.45) is 0 Å². The summed E-state index contributed by atoms with van der Waals surface area (Å²) in [5.74, 6) is 1.54. The molecule has 0 unspecified atom stereocenters. The van der Waals surface area contributed by atoms with E-state index in [1.54, 1.807) is 32.3 Å². The number of rotatable bonds is 10. The van der Waals surface area contributed by atoms with Crippen molar-refractivity contribution < 1.29 is 19.4 Å². The number of benzene rings is 1. The number of ether oxygens (including phenoxy) is 2. The van der Waals surface area contributed by atoms with Crippen molar-refractivity contribution in [3.63, 3.8) is 0 Å². The first-order valence-electron chi connectivity index (χ1n) is 11.3. The molecule has 2 atom stereocenters. The van der Waals surface area contributed by atoms with E-state index in [1.165, 1.54) is 10.4 Å². The number of nitrogens with zero attached hydrogens (tertiary/aromatic N) is 2. The van der Waals surface area contributed by atoms with Crippen LogP contribution in [0.4, 0.5) is 0 Å². The Bertz CT molecular complexity index is 892. The zero-order valence-corrected chi connectivity index (χ0v) is 20.7. The predicted octanol–water partition coefficient (Wildman–Crippen LogP) is 4.13. The highest BCUT2D eigenvalue weighted by Gasteiger charge is 2.35. The van der Waals surface area contributed by atoms with Gasteiger partial charge in [0.25, 0.3) is 0 Å². The third-order valence-electron chi connectivity index (χ3n) is 6.28. The van der Waals surface area contributed by atoms with Gasteiger partial charge in [-0.25, -0.2) is 0 Å². The van der Waals surface area contributed by atoms with Crippen LogP contribution in [0.5, 0.6) is 11.5 Å². The molecule has 0 spiro atoms. The predicted molar refractivity (Wildman–Crippen MR) is 129 cm³/mol. The van der Waals surface area contributed by atoms with Crippen LogP contribution in [-0.4, -0.2) is 65.8 Å². The molecule has 0 fully saturated rings. The van der Waals surface area contributed by atoms with Crippen LogP contribution in [-0.2, 0) is 11.2 Å². The second-order valence-electron chi connectivity index (χ2n) is 8.94. The van der Waals surface area contributed by atoms with Crippen LogP contribution in [0.15, 0.2) is 35.7 Å². The number of methoxy groups -OCH3 is 1. The Morgan fingerprint density at radius 2 is 2.09 bits per heavy atom. The van der Waals surface area contributed by atoms with Crippen molar-refractivity contribution in [1.82, 2.24) is 9.80 Å². The topological polar surface area (TPSA) is 62.2 Å². The molecular formula is C25H36N2O4S. The lowest BCUT2D eigenvalue weighted by molar-refractivity contribution is -0.138. The number of hydrogen-bond acceptors (Lipinski definition) is 6. The number of amides is 1. The average molecular weight is 461 g/mol. The molecule has 32 heavy (non-hydrogen) atoms. The number of fused-ring (bicyclic) bond motifs is 1. The number of carbonyl (C=O) groups is 1. The molecule has 3 rings (SSSR count). The lowest BCUT2D eigenvalue weighted by atomic mass is 9.98. The molecule has 0 saturated heterocycles. The Morgan fingerprint density at radius 1 is 1.34 bits per heavy atom. The molecule has 1 aromatic carbocycles. The van der Waals surface area contributed by atoms with Crippen molar-refractivity contribution in [3.8, 4) is 11.5 Å². The molecule has 2 heterocycles. The van der Waals surface area contributed by atoms with Crippen LogP contribution < -0.4 is 9.47 Å². The highest BCUT2D eigenvalue weighted by atomic mass is 32.1. The van der Waals surface area contributed by atoms with Gasteiger partial charge in [0.2, 0.25) is 5.91 Å². The third kappa shape index (κ3) is 5.82. The Kier molecular flexibility index (Phi) is 8.20. The standard InChI is InChI=1S/C25H36N2O4S/c1-6-12-26(18(2)25(3,4)29)16-24(28)27-13-10-23-21(11-14-32-23)22(27)17-31-20-9-7-8-19(15-20)30-5/h7-9,11,14-15,18,22,29H,6,10,12-13,16-17H2,1-5H3/t18-,22+/m1/s1. The van der Waals surface area contributed by atoms with Gasteiger partial charge in [-0.05, 0) is 69.3 Å². The fraction of sp³-hybridized carbons (Fsp3) is 0.560. The molecule has 2 aromatic rings. The van der Waals surface area contributed by atoms with Crippen LogP contribution >= 0.6 is 11.3 Å². The fourth-order valence-corrected chi connectivity index (χ4v) is 5.08. The summed E-state index contributed by atoms with van der Waals surface area (Å²) >= 11 is 1.74. The summed E-state index contributed by atoms with van der Waals surface area (Å²) in [6.07, 6.45) is 1.79. The van der Waals surface area contributed by atoms with E-state index >= 15 is 0 Å². The minimum atomic E-state index is -0.882. The second kappa shape index (κ2) is 10.7. The van der Waals surface area contributed by atoms with E-state index in [2.05, 4.69) is 23.3 Å². The molecule has 176 valence electrons. The third-order valence-corrected chi connectivity index (χ3v) is 7.28. The number of thiophene rings is 1. The lowest BCUT2D eigenvalue weighted by Crippen LogP contribution is -2.53. The van der Waals surface area contributed by atoms with E-state index in [-0.39, 0.29) is 24.5 Å². The molecule has 1 aromatic heterocycles. The molecule has 7 heteroatoms. The van der Waals surface area contributed by atoms with Crippen LogP contribution in [0.1, 0.15) is 50.6 Å². The Hall–Kier alpha value is -2.09. The molecular weight excluding hydrogens is 424 g/mol. The second-order valence-corrected chi connectivity index (χ2v) is 9.94. The maximum Gasteiger partial charge on any atom is 0.237 e. The average Bonchev–Trinajstić information content (AvgIpc) is 3.25. The smallest absolute Gasteiger partial charge is 0.237 e. The summed E-state index contributed by atoms with van der Waals surface area (Å²) in [6.45, 7) is 9.79. The summed E-state index contributed by atoms with van der Waals surface area (Å²) in [6, 6.07) is 9.39. The Labute approximate surface area is 195 Å². The summed E-state index contributed by atoms with van der Waals surface area (Å²) in [7, 11) is 1.63. The number of carbonyl (C=O) groups excluding carboxylic acids is 1. The Morgan fingerprint density at radius 3 is 2.78 bits per heavy atom. The van der Waals surface area contributed by atoms with E-state index in [0.717, 1.165) is 30.9 Å². The lowest BCUT2D eigenvalue weighted by Gasteiger charge is -2.40. The first-order valence-corrected chi connectivity index (χ1v) is 12.2. The van der Waals surface area contributed by atoms with Gasteiger partial charge < -0.3 is 19.5 Å². The van der Waals surface area contributed by atoms with E-state index in [9.17, 15) is 9.90 Å². The highest BCUT2D eigenvalue weighted by Crippen LogP contribution is 2.34. The van der Waals surface area contributed by atoms with Gasteiger partial charge in [-0.15, -0.1) is 11.3 Å². The molecule has 0 radical (unpaired) electrons. The zero-order valence-electron chi connectivity index (χ0n) is 19.8. The van der Waals surface area contributed by atoms with Gasteiger partial charge in [0.05, 0.1) is 25.3 Å². The molecule has 0 aliphatic carbocycles. The van der Waals surface area contributed by atoms with E-state index in [0.29, 0.717) is 13.2 Å². The maximum absolute atomic E-state index is 13.5. The van der Waals surface area contributed by atoms with E-state index < -0.39 is 5.60 Å². The summed E-state index contributed by atoms with van der Waals surface area (Å²) < 4.78 is 11.4. The highest BCUT2D eigenvalue weighted by molar-refractivity contribution is 7.10. The fourth-order valence-electron chi connectivity index (χ4n) is 4.15. The minimum Gasteiger partial charge on any atom is -0.497 e. The largest absolute Gasteiger partial charge is 0.497 e. The van der Waals surface area contributed by atoms with E-state index in [4.69, 9.17) is 9.47 Å². The number of aliphatic hydroxyl groups is 1. The van der Waals surface area contributed by atoms with Crippen molar-refractivity contribution in [1.29, 1.82) is 0 Å². The first kappa shape index (κ1) is 24.6. The van der Waals surface area contributed by atoms with Gasteiger partial charge in [-0.3, -0.25) is 9.69 Å². The van der Waals surface area contributed by atoms with Gasteiger partial charge in [0.15, 0.2) is 0 Å². The molecule has 1 aliphatic rings. The van der Waals surface area contributed by atoms with Gasteiger partial charge in [-0.2, -0.15) is 0 Å². The van der Waals surface area contributed by atoms with Gasteiger partial charge >= 0.3 is 0 Å². The molecule has 6 nitrogen and oxygen atoms in total. The zero-order chi connectivity index (χ0) is 23.3. The summed E-state index contributed by atoms with van der Waals surface area (Å²) in [5, 5.41) is 12.6. The van der Waals surface area contributed by atoms with Gasteiger partial charge in [-0.1, -0.05) is 13.0 Å². The molecule has 0 bridgehead atoms. The molecule has 1 N–H and O–H groups in total. The quantitative estimate of drug-likeness (QED) is 0.578. The molecule has 0 saturated carbocycles. The normalized spacial score (nSPS) is 17.2. The maximum atomic E-state index is 13.5. The number of hydrogen-bond donors (Lipinski definition) is 1. The van der Waals surface area contributed by atoms with Gasteiger partial charge in [0.1, 0.15) is 18.1 Å². The van der Waals surface area contributed by atoms with Gasteiger partial charge in [0, 0.05) is 23.5 Å². The van der Waals surface area contributed by atoms with E-state index in [1.807, 2.05) is 36.1 Å². The first-order chi connectivity index (χ1) is 15.2. The SMILES string of the molecule is CCCN(CC(=O)N1CCc2sccc2[C@@H]1COc1cccc(OC)c1)[C@H](C)C(C)(C)O. The molecule has 1 aliphatic heterocycles. The van der Waals surface area contributed by atoms with Crippen LogP contribution in [0, 0.1) is 0 Å². The Balaban J connectivity index is 1.77. The van der Waals surface area contributed by atoms with Crippen LogP contribution in [0.25, 0.3) is 0 Å². The van der Waals surface area contributed by atoms with Crippen molar-refractivity contribution in [2.45, 2.75) is 58.2 Å².